The van der Waals surface area contributed by atoms with E-state index in [0.29, 0.717) is 50.6 Å². The van der Waals surface area contributed by atoms with E-state index in [9.17, 15) is 14.0 Å². The van der Waals surface area contributed by atoms with E-state index < -0.39 is 0 Å². The van der Waals surface area contributed by atoms with Gasteiger partial charge in [-0.05, 0) is 61.1 Å². The lowest BCUT2D eigenvalue weighted by Crippen LogP contribution is -2.58. The van der Waals surface area contributed by atoms with E-state index in [4.69, 9.17) is 4.74 Å². The second-order valence-corrected chi connectivity index (χ2v) is 9.18. The minimum Gasteiger partial charge on any atom is -0.496 e. The molecule has 0 aromatic heterocycles. The van der Waals surface area contributed by atoms with Gasteiger partial charge in [0, 0.05) is 38.3 Å². The maximum Gasteiger partial charge on any atom is 0.253 e. The molecule has 1 atom stereocenters. The molecule has 0 bridgehead atoms. The Balaban J connectivity index is 1.35. The van der Waals surface area contributed by atoms with Crippen molar-refractivity contribution in [2.45, 2.75) is 38.1 Å². The van der Waals surface area contributed by atoms with Crippen molar-refractivity contribution < 1.29 is 18.7 Å². The minimum absolute atomic E-state index is 0.0834. The van der Waals surface area contributed by atoms with Gasteiger partial charge in [-0.25, -0.2) is 4.39 Å². The van der Waals surface area contributed by atoms with Gasteiger partial charge in [0.1, 0.15) is 11.6 Å². The second kappa shape index (κ2) is 11.5. The summed E-state index contributed by atoms with van der Waals surface area (Å²) in [5.74, 6) is 0.840. The first-order valence-electron chi connectivity index (χ1n) is 12.3. The zero-order valence-electron chi connectivity index (χ0n) is 19.8. The van der Waals surface area contributed by atoms with Gasteiger partial charge in [0.15, 0.2) is 0 Å². The molecular formula is C27H34FN3O3. The highest BCUT2D eigenvalue weighted by atomic mass is 19.1. The number of para-hydroxylation sites is 1. The maximum atomic E-state index is 13.3. The monoisotopic (exact) mass is 467 g/mol. The molecule has 0 spiro atoms. The third-order valence-corrected chi connectivity index (χ3v) is 7.09. The van der Waals surface area contributed by atoms with Gasteiger partial charge in [-0.2, -0.15) is 0 Å². The molecular weight excluding hydrogens is 433 g/mol. The Kier molecular flexibility index (Phi) is 8.16. The number of carbonyl (C=O) groups is 2. The van der Waals surface area contributed by atoms with Gasteiger partial charge in [-0.3, -0.25) is 14.5 Å². The average molecular weight is 468 g/mol. The van der Waals surface area contributed by atoms with Crippen LogP contribution in [0.4, 0.5) is 4.39 Å². The molecule has 2 aliphatic rings. The van der Waals surface area contributed by atoms with Crippen LogP contribution in [0, 0.1) is 11.7 Å². The average Bonchev–Trinajstić information content (AvgIpc) is 3.39. The van der Waals surface area contributed by atoms with Crippen molar-refractivity contribution in [1.82, 2.24) is 15.1 Å². The number of hydrogen-bond donors (Lipinski definition) is 1. The number of nitrogens with zero attached hydrogens (tertiary/aromatic N) is 2. The van der Waals surface area contributed by atoms with E-state index in [-0.39, 0.29) is 23.7 Å². The van der Waals surface area contributed by atoms with Crippen LogP contribution < -0.4 is 10.1 Å². The summed E-state index contributed by atoms with van der Waals surface area (Å²) in [4.78, 5) is 30.2. The molecule has 1 saturated carbocycles. The van der Waals surface area contributed by atoms with Crippen LogP contribution in [-0.4, -0.2) is 67.5 Å². The number of piperazine rings is 1. The lowest BCUT2D eigenvalue weighted by Gasteiger charge is -2.40. The first-order chi connectivity index (χ1) is 16.6. The topological polar surface area (TPSA) is 61.9 Å². The molecule has 1 heterocycles. The summed E-state index contributed by atoms with van der Waals surface area (Å²) in [6.07, 6.45) is 5.18. The van der Waals surface area contributed by atoms with Crippen molar-refractivity contribution in [1.29, 1.82) is 0 Å². The summed E-state index contributed by atoms with van der Waals surface area (Å²) in [5.41, 5.74) is 1.58. The van der Waals surface area contributed by atoms with Crippen LogP contribution in [0.15, 0.2) is 48.5 Å². The fourth-order valence-corrected chi connectivity index (χ4v) is 5.26. The lowest BCUT2D eigenvalue weighted by atomic mass is 9.94. The first-order valence-corrected chi connectivity index (χ1v) is 12.3. The smallest absolute Gasteiger partial charge is 0.253 e. The third-order valence-electron chi connectivity index (χ3n) is 7.09. The summed E-state index contributed by atoms with van der Waals surface area (Å²) in [5, 5.41) is 3.17. The summed E-state index contributed by atoms with van der Waals surface area (Å²) in [6.45, 7) is 3.01. The lowest BCUT2D eigenvalue weighted by molar-refractivity contribution is -0.129. The Morgan fingerprint density at radius 2 is 1.71 bits per heavy atom. The van der Waals surface area contributed by atoms with E-state index in [1.54, 1.807) is 12.0 Å². The number of nitrogens with one attached hydrogen (secondary N) is 1. The number of methoxy groups -OCH3 is 1. The molecule has 6 nitrogen and oxygen atoms in total. The molecule has 2 amide bonds. The van der Waals surface area contributed by atoms with Crippen molar-refractivity contribution in [3.05, 3.63) is 65.5 Å². The number of carbonyl (C=O) groups excluding carboxylic acids is 2. The summed E-state index contributed by atoms with van der Waals surface area (Å²) in [7, 11) is 1.66. The highest BCUT2D eigenvalue weighted by Crippen LogP contribution is 2.31. The predicted octanol–water partition coefficient (Wildman–Crippen LogP) is 3.51. The standard InChI is InChI=1S/C27H34FN3O3/c1-34-24-9-5-4-6-20(24)14-15-29-26(32)25(21-7-2-3-8-21)30-16-18-31(19-17-30)27(33)22-10-12-23(28)13-11-22/h4-6,9-13,21,25H,2-3,7-8,14-19H2,1H3,(H,29,32). The zero-order valence-corrected chi connectivity index (χ0v) is 19.8. The predicted molar refractivity (Wildman–Crippen MR) is 129 cm³/mol. The van der Waals surface area contributed by atoms with Gasteiger partial charge < -0.3 is 15.0 Å². The van der Waals surface area contributed by atoms with E-state index in [1.807, 2.05) is 24.3 Å². The highest BCUT2D eigenvalue weighted by molar-refractivity contribution is 5.94. The van der Waals surface area contributed by atoms with Crippen LogP contribution in [0.25, 0.3) is 0 Å². The van der Waals surface area contributed by atoms with Gasteiger partial charge in [-0.15, -0.1) is 0 Å². The molecule has 2 aromatic carbocycles. The number of benzene rings is 2. The maximum absolute atomic E-state index is 13.3. The van der Waals surface area contributed by atoms with Crippen LogP contribution in [0.5, 0.6) is 5.75 Å². The second-order valence-electron chi connectivity index (χ2n) is 9.18. The number of halogens is 1. The molecule has 2 aromatic rings. The van der Waals surface area contributed by atoms with Crippen LogP contribution >= 0.6 is 0 Å². The van der Waals surface area contributed by atoms with Crippen LogP contribution in [0.2, 0.25) is 0 Å². The van der Waals surface area contributed by atoms with Crippen LogP contribution in [0.1, 0.15) is 41.6 Å². The largest absolute Gasteiger partial charge is 0.496 e. The molecule has 2 fully saturated rings. The summed E-state index contributed by atoms with van der Waals surface area (Å²) >= 11 is 0. The number of ether oxygens (including phenoxy) is 1. The molecule has 1 aliphatic heterocycles. The molecule has 1 unspecified atom stereocenters. The van der Waals surface area contributed by atoms with Gasteiger partial charge in [0.2, 0.25) is 5.91 Å². The van der Waals surface area contributed by atoms with E-state index >= 15 is 0 Å². The quantitative estimate of drug-likeness (QED) is 0.646. The normalized spacial score (nSPS) is 18.0. The molecule has 1 N–H and O–H groups in total. The van der Waals surface area contributed by atoms with Crippen molar-refractivity contribution in [3.8, 4) is 5.75 Å². The van der Waals surface area contributed by atoms with Crippen molar-refractivity contribution in [2.24, 2.45) is 5.92 Å². The van der Waals surface area contributed by atoms with E-state index in [1.165, 1.54) is 37.1 Å². The zero-order chi connectivity index (χ0) is 23.9. The Morgan fingerprint density at radius 1 is 1.03 bits per heavy atom. The highest BCUT2D eigenvalue weighted by Gasteiger charge is 2.37. The van der Waals surface area contributed by atoms with Gasteiger partial charge >= 0.3 is 0 Å². The fourth-order valence-electron chi connectivity index (χ4n) is 5.26. The van der Waals surface area contributed by atoms with Gasteiger partial charge in [-0.1, -0.05) is 31.0 Å². The van der Waals surface area contributed by atoms with Crippen molar-refractivity contribution in [2.75, 3.05) is 39.8 Å². The SMILES string of the molecule is COc1ccccc1CCNC(=O)C(C1CCCC1)N1CCN(C(=O)c2ccc(F)cc2)CC1. The Bertz CT molecular complexity index is 967. The molecule has 4 rings (SSSR count). The molecule has 34 heavy (non-hydrogen) atoms. The first kappa shape index (κ1) is 24.2. The minimum atomic E-state index is -0.350. The summed E-state index contributed by atoms with van der Waals surface area (Å²) < 4.78 is 18.6. The van der Waals surface area contributed by atoms with Crippen LogP contribution in [0.3, 0.4) is 0 Å². The van der Waals surface area contributed by atoms with Crippen molar-refractivity contribution >= 4 is 11.8 Å². The number of hydrogen-bond acceptors (Lipinski definition) is 4. The molecule has 1 aliphatic carbocycles. The third kappa shape index (κ3) is 5.76. The Labute approximate surface area is 201 Å². The summed E-state index contributed by atoms with van der Waals surface area (Å²) in [6, 6.07) is 13.4. The molecule has 182 valence electrons. The number of amides is 2. The molecule has 0 radical (unpaired) electrons. The van der Waals surface area contributed by atoms with Gasteiger partial charge in [0.25, 0.3) is 5.91 Å². The Hall–Kier alpha value is -2.93. The van der Waals surface area contributed by atoms with Crippen LogP contribution in [-0.2, 0) is 11.2 Å². The Morgan fingerprint density at radius 3 is 2.38 bits per heavy atom. The van der Waals surface area contributed by atoms with Crippen molar-refractivity contribution in [3.63, 3.8) is 0 Å². The van der Waals surface area contributed by atoms with E-state index in [2.05, 4.69) is 10.2 Å². The fraction of sp³-hybridized carbons (Fsp3) is 0.481. The number of rotatable bonds is 8. The van der Waals surface area contributed by atoms with E-state index in [0.717, 1.165) is 24.2 Å². The van der Waals surface area contributed by atoms with Gasteiger partial charge in [0.05, 0.1) is 13.2 Å². The molecule has 1 saturated heterocycles. The molecule has 7 heteroatoms.